The third-order valence-electron chi connectivity index (χ3n) is 5.69. The van der Waals surface area contributed by atoms with Gasteiger partial charge in [-0.25, -0.2) is 0 Å². The van der Waals surface area contributed by atoms with Gasteiger partial charge in [0, 0.05) is 43.1 Å². The van der Waals surface area contributed by atoms with E-state index in [1.165, 1.54) is 0 Å². The second kappa shape index (κ2) is 7.95. The minimum absolute atomic E-state index is 0.110. The van der Waals surface area contributed by atoms with Gasteiger partial charge in [0.15, 0.2) is 0 Å². The zero-order chi connectivity index (χ0) is 20.5. The van der Waals surface area contributed by atoms with Crippen molar-refractivity contribution in [1.29, 1.82) is 0 Å². The second-order valence-electron chi connectivity index (χ2n) is 7.89. The lowest BCUT2D eigenvalue weighted by atomic mass is 10.2. The predicted molar refractivity (Wildman–Crippen MR) is 117 cm³/mol. The van der Waals surface area contributed by atoms with Crippen molar-refractivity contribution in [2.75, 3.05) is 49.6 Å². The average molecular weight is 406 g/mol. The van der Waals surface area contributed by atoms with Gasteiger partial charge < -0.3 is 24.8 Å². The Labute approximate surface area is 175 Å². The van der Waals surface area contributed by atoms with Crippen LogP contribution in [0.3, 0.4) is 0 Å². The monoisotopic (exact) mass is 406 g/mol. The minimum Gasteiger partial charge on any atom is -0.378 e. The zero-order valence-corrected chi connectivity index (χ0v) is 17.1. The van der Waals surface area contributed by atoms with Crippen LogP contribution < -0.4 is 10.2 Å². The molecule has 1 aromatic carbocycles. The number of benzene rings is 1. The van der Waals surface area contributed by atoms with E-state index in [0.717, 1.165) is 72.8 Å². The maximum atomic E-state index is 12.6. The van der Waals surface area contributed by atoms with E-state index in [0.29, 0.717) is 19.2 Å². The van der Waals surface area contributed by atoms with Gasteiger partial charge >= 0.3 is 0 Å². The highest BCUT2D eigenvalue weighted by Gasteiger charge is 2.20. The third-order valence-corrected chi connectivity index (χ3v) is 5.69. The topological polar surface area (TPSA) is 86.4 Å². The highest BCUT2D eigenvalue weighted by Crippen LogP contribution is 2.28. The summed E-state index contributed by atoms with van der Waals surface area (Å²) in [6.45, 7) is 6.64. The van der Waals surface area contributed by atoms with Gasteiger partial charge in [-0.3, -0.25) is 4.79 Å². The maximum absolute atomic E-state index is 12.6. The Morgan fingerprint density at radius 2 is 1.80 bits per heavy atom. The Hall–Kier alpha value is -3.13. The number of aromatic amines is 1. The Balaban J connectivity index is 1.41. The number of hydrogen-bond acceptors (Lipinski definition) is 6. The molecule has 156 valence electrons. The lowest BCUT2D eigenvalue weighted by Gasteiger charge is -2.27. The van der Waals surface area contributed by atoms with E-state index in [4.69, 9.17) is 14.7 Å². The number of nitrogens with zero attached hydrogens (tertiary/aromatic N) is 4. The Morgan fingerprint density at radius 3 is 2.53 bits per heavy atom. The summed E-state index contributed by atoms with van der Waals surface area (Å²) in [5, 5.41) is 4.37. The first kappa shape index (κ1) is 18.9. The molecule has 2 fully saturated rings. The second-order valence-corrected chi connectivity index (χ2v) is 7.89. The van der Waals surface area contributed by atoms with Crippen LogP contribution in [0.4, 0.5) is 17.5 Å². The molecular formula is C22H26N6O2. The number of rotatable bonds is 4. The van der Waals surface area contributed by atoms with Crippen LogP contribution in [0.25, 0.3) is 11.0 Å². The summed E-state index contributed by atoms with van der Waals surface area (Å²) < 4.78 is 5.45. The molecule has 2 N–H and O–H groups in total. The molecule has 2 aromatic heterocycles. The molecule has 0 atom stereocenters. The first-order valence-electron chi connectivity index (χ1n) is 10.5. The van der Waals surface area contributed by atoms with Crippen LogP contribution in [-0.2, 0) is 4.74 Å². The lowest BCUT2D eigenvalue weighted by Crippen LogP contribution is -2.37. The highest BCUT2D eigenvalue weighted by atomic mass is 16.5. The van der Waals surface area contributed by atoms with Gasteiger partial charge in [-0.15, -0.1) is 0 Å². The molecule has 0 spiro atoms. The smallest absolute Gasteiger partial charge is 0.253 e. The minimum atomic E-state index is 0.110. The normalized spacial score (nSPS) is 17.0. The van der Waals surface area contributed by atoms with E-state index in [9.17, 15) is 4.79 Å². The summed E-state index contributed by atoms with van der Waals surface area (Å²) in [4.78, 5) is 29.5. The van der Waals surface area contributed by atoms with Crippen molar-refractivity contribution in [2.45, 2.75) is 19.8 Å². The van der Waals surface area contributed by atoms with Crippen molar-refractivity contribution in [1.82, 2.24) is 19.9 Å². The van der Waals surface area contributed by atoms with Crippen molar-refractivity contribution < 1.29 is 9.53 Å². The van der Waals surface area contributed by atoms with Gasteiger partial charge in [0.25, 0.3) is 5.91 Å². The lowest BCUT2D eigenvalue weighted by molar-refractivity contribution is 0.0793. The van der Waals surface area contributed by atoms with Crippen LogP contribution in [-0.4, -0.2) is 65.2 Å². The number of ether oxygens (including phenoxy) is 1. The molecule has 0 radical (unpaired) electrons. The average Bonchev–Trinajstić information content (AvgIpc) is 3.44. The summed E-state index contributed by atoms with van der Waals surface area (Å²) in [7, 11) is 0. The number of aryl methyl sites for hydroxylation is 1. The Bertz CT molecular complexity index is 1050. The van der Waals surface area contributed by atoms with E-state index in [1.54, 1.807) is 0 Å². The zero-order valence-electron chi connectivity index (χ0n) is 17.1. The molecule has 2 saturated heterocycles. The molecule has 2 aliphatic heterocycles. The van der Waals surface area contributed by atoms with Crippen molar-refractivity contribution in [2.24, 2.45) is 0 Å². The summed E-state index contributed by atoms with van der Waals surface area (Å²) >= 11 is 0. The van der Waals surface area contributed by atoms with Crippen molar-refractivity contribution >= 4 is 34.4 Å². The van der Waals surface area contributed by atoms with Gasteiger partial charge in [-0.2, -0.15) is 9.97 Å². The summed E-state index contributed by atoms with van der Waals surface area (Å²) in [6, 6.07) is 9.68. The molecule has 0 bridgehead atoms. The molecule has 8 heteroatoms. The summed E-state index contributed by atoms with van der Waals surface area (Å²) in [5.41, 5.74) is 3.46. The molecule has 4 heterocycles. The molecule has 0 saturated carbocycles. The number of morpholine rings is 1. The van der Waals surface area contributed by atoms with Crippen LogP contribution in [0.5, 0.6) is 0 Å². The summed E-state index contributed by atoms with van der Waals surface area (Å²) in [6.07, 6.45) is 2.19. The van der Waals surface area contributed by atoms with E-state index in [2.05, 4.69) is 15.2 Å². The van der Waals surface area contributed by atoms with E-state index >= 15 is 0 Å². The highest BCUT2D eigenvalue weighted by molar-refractivity contribution is 5.95. The predicted octanol–water partition coefficient (Wildman–Crippen LogP) is 3.08. The maximum Gasteiger partial charge on any atom is 0.253 e. The Kier molecular flexibility index (Phi) is 5.00. The van der Waals surface area contributed by atoms with Gasteiger partial charge in [0.1, 0.15) is 11.5 Å². The fourth-order valence-electron chi connectivity index (χ4n) is 4.06. The molecule has 1 amide bonds. The van der Waals surface area contributed by atoms with Crippen molar-refractivity contribution in [3.05, 3.63) is 41.6 Å². The van der Waals surface area contributed by atoms with E-state index in [-0.39, 0.29) is 5.91 Å². The molecule has 30 heavy (non-hydrogen) atoms. The van der Waals surface area contributed by atoms with Gasteiger partial charge in [-0.1, -0.05) is 0 Å². The SMILES string of the molecule is Cc1cc2c(Nc3ccc(C(=O)N4CCCC4)cc3)nc(N3CCOCC3)nc2[nH]1. The van der Waals surface area contributed by atoms with Crippen LogP contribution in [0.15, 0.2) is 30.3 Å². The van der Waals surface area contributed by atoms with Gasteiger partial charge in [-0.05, 0) is 50.1 Å². The largest absolute Gasteiger partial charge is 0.378 e. The van der Waals surface area contributed by atoms with Gasteiger partial charge in [0.05, 0.1) is 18.6 Å². The first-order chi connectivity index (χ1) is 14.7. The number of likely N-dealkylation sites (tertiary alicyclic amines) is 1. The third kappa shape index (κ3) is 3.70. The number of nitrogens with one attached hydrogen (secondary N) is 2. The number of H-pyrrole nitrogens is 1. The number of anilines is 3. The number of carbonyl (C=O) groups excluding carboxylic acids is 1. The number of carbonyl (C=O) groups is 1. The Morgan fingerprint density at radius 1 is 1.07 bits per heavy atom. The molecule has 3 aromatic rings. The van der Waals surface area contributed by atoms with Crippen LogP contribution in [0.1, 0.15) is 28.9 Å². The quantitative estimate of drug-likeness (QED) is 0.693. The van der Waals surface area contributed by atoms with E-state index in [1.807, 2.05) is 42.2 Å². The standard InChI is InChI=1S/C22H26N6O2/c1-15-14-18-19(23-15)25-22(28-10-12-30-13-11-28)26-20(18)24-17-6-4-16(5-7-17)21(29)27-8-2-3-9-27/h4-7,14H,2-3,8-13H2,1H3,(H2,23,24,25,26). The number of hydrogen-bond donors (Lipinski definition) is 2. The first-order valence-corrected chi connectivity index (χ1v) is 10.5. The van der Waals surface area contributed by atoms with Crippen LogP contribution in [0, 0.1) is 6.92 Å². The van der Waals surface area contributed by atoms with Crippen LogP contribution >= 0.6 is 0 Å². The fraction of sp³-hybridized carbons (Fsp3) is 0.409. The van der Waals surface area contributed by atoms with E-state index < -0.39 is 0 Å². The molecule has 0 unspecified atom stereocenters. The number of fused-ring (bicyclic) bond motifs is 1. The van der Waals surface area contributed by atoms with Gasteiger partial charge in [0.2, 0.25) is 5.95 Å². The molecule has 2 aliphatic rings. The van der Waals surface area contributed by atoms with Crippen LogP contribution in [0.2, 0.25) is 0 Å². The molecule has 0 aliphatic carbocycles. The molecular weight excluding hydrogens is 380 g/mol. The molecule has 8 nitrogen and oxygen atoms in total. The van der Waals surface area contributed by atoms with Crippen molar-refractivity contribution in [3.63, 3.8) is 0 Å². The number of amides is 1. The van der Waals surface area contributed by atoms with Crippen molar-refractivity contribution in [3.8, 4) is 0 Å². The summed E-state index contributed by atoms with van der Waals surface area (Å²) in [5.74, 6) is 1.56. The molecule has 5 rings (SSSR count). The number of aromatic nitrogens is 3. The fourth-order valence-corrected chi connectivity index (χ4v) is 4.06.